The zero-order valence-corrected chi connectivity index (χ0v) is 20.5. The molecule has 176 valence electrons. The molecular weight excluding hydrogens is 440 g/mol. The summed E-state index contributed by atoms with van der Waals surface area (Å²) in [5.74, 6) is 0. The van der Waals surface area contributed by atoms with Gasteiger partial charge in [0.2, 0.25) is 0 Å². The number of ether oxygens (including phenoxy) is 1. The molecule has 1 heterocycles. The number of nitriles is 1. The van der Waals surface area contributed by atoms with E-state index in [1.807, 2.05) is 48.8 Å². The van der Waals surface area contributed by atoms with Gasteiger partial charge in [-0.1, -0.05) is 78.9 Å². The van der Waals surface area contributed by atoms with E-state index < -0.39 is 0 Å². The predicted octanol–water partition coefficient (Wildman–Crippen LogP) is 7.81. The normalized spacial score (nSPS) is 13.5. The third-order valence-electron chi connectivity index (χ3n) is 6.72. The predicted molar refractivity (Wildman–Crippen MR) is 147 cm³/mol. The van der Waals surface area contributed by atoms with Crippen molar-refractivity contribution in [3.05, 3.63) is 143 Å². The fraction of sp³-hybridized carbons (Fsp3) is 0.121. The highest BCUT2D eigenvalue weighted by Gasteiger charge is 2.20. The number of hydrogen-bond acceptors (Lipinski definition) is 3. The summed E-state index contributed by atoms with van der Waals surface area (Å²) in [5.41, 5.74) is 8.18. The van der Waals surface area contributed by atoms with Crippen molar-refractivity contribution in [3.8, 4) is 17.2 Å². The van der Waals surface area contributed by atoms with E-state index in [1.54, 1.807) is 0 Å². The summed E-state index contributed by atoms with van der Waals surface area (Å²) >= 11 is 0. The Labute approximate surface area is 212 Å². The second-order valence-electron chi connectivity index (χ2n) is 9.03. The molecule has 0 radical (unpaired) electrons. The van der Waals surface area contributed by atoms with E-state index in [4.69, 9.17) is 4.74 Å². The van der Waals surface area contributed by atoms with E-state index in [9.17, 15) is 5.26 Å². The Morgan fingerprint density at radius 3 is 2.56 bits per heavy atom. The van der Waals surface area contributed by atoms with Crippen LogP contribution in [0.5, 0.6) is 0 Å². The van der Waals surface area contributed by atoms with Crippen LogP contribution in [0.4, 0.5) is 0 Å². The molecule has 3 heteroatoms. The summed E-state index contributed by atoms with van der Waals surface area (Å²) in [7, 11) is 0. The molecule has 0 saturated carbocycles. The molecule has 5 rings (SSSR count). The fourth-order valence-electron chi connectivity index (χ4n) is 4.74. The van der Waals surface area contributed by atoms with Crippen molar-refractivity contribution in [3.63, 3.8) is 0 Å². The van der Waals surface area contributed by atoms with E-state index in [-0.39, 0.29) is 6.10 Å². The minimum Gasteiger partial charge on any atom is -0.367 e. The maximum absolute atomic E-state index is 9.85. The van der Waals surface area contributed by atoms with Gasteiger partial charge in [0.25, 0.3) is 0 Å². The molecule has 36 heavy (non-hydrogen) atoms. The Bertz CT molecular complexity index is 1550. The number of rotatable bonds is 6. The molecule has 0 aliphatic carbocycles. The molecule has 1 N–H and O–H groups in total. The van der Waals surface area contributed by atoms with Gasteiger partial charge in [-0.05, 0) is 70.6 Å². The maximum atomic E-state index is 9.85. The Balaban J connectivity index is 1.58. The summed E-state index contributed by atoms with van der Waals surface area (Å²) in [6.07, 6.45) is 9.61. The number of fused-ring (bicyclic) bond motifs is 1. The van der Waals surface area contributed by atoms with Crippen molar-refractivity contribution in [1.82, 2.24) is 5.32 Å². The van der Waals surface area contributed by atoms with Crippen LogP contribution in [-0.4, -0.2) is 0 Å². The first-order valence-corrected chi connectivity index (χ1v) is 12.1. The van der Waals surface area contributed by atoms with Crippen LogP contribution in [0.1, 0.15) is 33.9 Å². The number of aryl methyl sites for hydroxylation is 2. The molecule has 0 saturated heterocycles. The summed E-state index contributed by atoms with van der Waals surface area (Å²) in [6, 6.07) is 29.3. The van der Waals surface area contributed by atoms with Crippen LogP contribution in [0, 0.1) is 25.2 Å². The van der Waals surface area contributed by atoms with Gasteiger partial charge in [-0.2, -0.15) is 5.26 Å². The average Bonchev–Trinajstić information content (AvgIpc) is 3.20. The molecule has 4 aromatic carbocycles. The van der Waals surface area contributed by atoms with Crippen molar-refractivity contribution in [1.29, 1.82) is 5.26 Å². The molecule has 1 aliphatic rings. The van der Waals surface area contributed by atoms with Crippen LogP contribution in [0.3, 0.4) is 0 Å². The van der Waals surface area contributed by atoms with Gasteiger partial charge in [0, 0.05) is 23.5 Å². The van der Waals surface area contributed by atoms with E-state index in [0.29, 0.717) is 12.2 Å². The van der Waals surface area contributed by atoms with Gasteiger partial charge < -0.3 is 10.1 Å². The molecule has 0 bridgehead atoms. The standard InChI is InChI=1S/C33H28N2O/c1-23-9-3-5-12-29(23)31-19-26(16-17-27(31)20-34)33(28-11-7-8-18-35-21-28)36-22-32-24(2)14-15-25-10-4-6-13-30(25)32/h3-19,21,33,35H,22H2,1-2H3. The maximum Gasteiger partial charge on any atom is 0.109 e. The SMILES string of the molecule is Cc1ccccc1-c1cc(C(OCc2c(C)ccc3ccccc23)C2=CNC=CC=C2)ccc1C#N. The van der Waals surface area contributed by atoms with Crippen molar-refractivity contribution in [2.24, 2.45) is 0 Å². The van der Waals surface area contributed by atoms with Crippen LogP contribution in [-0.2, 0) is 11.3 Å². The highest BCUT2D eigenvalue weighted by atomic mass is 16.5. The van der Waals surface area contributed by atoms with Gasteiger partial charge in [-0.15, -0.1) is 0 Å². The lowest BCUT2D eigenvalue weighted by Gasteiger charge is -2.22. The highest BCUT2D eigenvalue weighted by molar-refractivity contribution is 5.86. The Morgan fingerprint density at radius 2 is 1.69 bits per heavy atom. The van der Waals surface area contributed by atoms with E-state index in [2.05, 4.69) is 85.9 Å². The lowest BCUT2D eigenvalue weighted by atomic mass is 9.91. The molecule has 0 amide bonds. The Hall–Kier alpha value is -4.39. The van der Waals surface area contributed by atoms with Crippen molar-refractivity contribution in [2.75, 3.05) is 0 Å². The fourth-order valence-corrected chi connectivity index (χ4v) is 4.74. The van der Waals surface area contributed by atoms with Gasteiger partial charge in [0.05, 0.1) is 18.2 Å². The third kappa shape index (κ3) is 4.73. The van der Waals surface area contributed by atoms with E-state index in [1.165, 1.54) is 21.9 Å². The molecule has 4 aromatic rings. The second-order valence-corrected chi connectivity index (χ2v) is 9.03. The van der Waals surface area contributed by atoms with Crippen LogP contribution >= 0.6 is 0 Å². The first-order chi connectivity index (χ1) is 17.7. The summed E-state index contributed by atoms with van der Waals surface area (Å²) in [6.45, 7) is 4.68. The zero-order valence-electron chi connectivity index (χ0n) is 20.5. The number of benzene rings is 4. The van der Waals surface area contributed by atoms with Gasteiger partial charge in [-0.3, -0.25) is 0 Å². The zero-order chi connectivity index (χ0) is 24.9. The number of allylic oxidation sites excluding steroid dienone is 2. The molecule has 1 aliphatic heterocycles. The highest BCUT2D eigenvalue weighted by Crippen LogP contribution is 2.35. The lowest BCUT2D eigenvalue weighted by Crippen LogP contribution is -2.10. The summed E-state index contributed by atoms with van der Waals surface area (Å²) in [4.78, 5) is 0. The third-order valence-corrected chi connectivity index (χ3v) is 6.72. The van der Waals surface area contributed by atoms with E-state index >= 15 is 0 Å². The Morgan fingerprint density at radius 1 is 0.861 bits per heavy atom. The molecule has 0 fully saturated rings. The van der Waals surface area contributed by atoms with Crippen molar-refractivity contribution in [2.45, 2.75) is 26.6 Å². The van der Waals surface area contributed by atoms with Crippen LogP contribution < -0.4 is 5.32 Å². The van der Waals surface area contributed by atoms with Gasteiger partial charge in [-0.25, -0.2) is 0 Å². The smallest absolute Gasteiger partial charge is 0.109 e. The first-order valence-electron chi connectivity index (χ1n) is 12.1. The van der Waals surface area contributed by atoms with Crippen LogP contribution in [0.25, 0.3) is 21.9 Å². The molecule has 1 unspecified atom stereocenters. The number of nitrogens with zero attached hydrogens (tertiary/aromatic N) is 1. The molecule has 0 aromatic heterocycles. The second kappa shape index (κ2) is 10.5. The molecular formula is C33H28N2O. The average molecular weight is 469 g/mol. The molecule has 3 nitrogen and oxygen atoms in total. The quantitative estimate of drug-likeness (QED) is 0.314. The Kier molecular flexibility index (Phi) is 6.80. The van der Waals surface area contributed by atoms with Crippen molar-refractivity contribution < 1.29 is 4.74 Å². The first kappa shape index (κ1) is 23.4. The van der Waals surface area contributed by atoms with Gasteiger partial charge in [0.1, 0.15) is 6.10 Å². The summed E-state index contributed by atoms with van der Waals surface area (Å²) < 4.78 is 6.72. The minimum atomic E-state index is -0.317. The van der Waals surface area contributed by atoms with Gasteiger partial charge in [0.15, 0.2) is 0 Å². The minimum absolute atomic E-state index is 0.317. The lowest BCUT2D eigenvalue weighted by molar-refractivity contribution is 0.0665. The molecule has 1 atom stereocenters. The van der Waals surface area contributed by atoms with Crippen LogP contribution in [0.2, 0.25) is 0 Å². The van der Waals surface area contributed by atoms with Gasteiger partial charge >= 0.3 is 0 Å². The van der Waals surface area contributed by atoms with E-state index in [0.717, 1.165) is 27.8 Å². The van der Waals surface area contributed by atoms with Crippen molar-refractivity contribution >= 4 is 10.8 Å². The summed E-state index contributed by atoms with van der Waals surface area (Å²) in [5, 5.41) is 15.5. The molecule has 0 spiro atoms. The number of hydrogen-bond donors (Lipinski definition) is 1. The largest absolute Gasteiger partial charge is 0.367 e. The topological polar surface area (TPSA) is 45.0 Å². The van der Waals surface area contributed by atoms with Crippen LogP contribution in [0.15, 0.2) is 115 Å². The monoisotopic (exact) mass is 468 g/mol. The number of nitrogens with one attached hydrogen (secondary N) is 1.